The number of aryl methyl sites for hydroxylation is 1. The Morgan fingerprint density at radius 2 is 1.71 bits per heavy atom. The first-order chi connectivity index (χ1) is 11.6. The molecule has 0 saturated carbocycles. The summed E-state index contributed by atoms with van der Waals surface area (Å²) in [6, 6.07) is 12.2. The molecule has 6 heteroatoms. The number of methoxy groups -OCH3 is 2. The van der Waals surface area contributed by atoms with E-state index in [-0.39, 0.29) is 12.5 Å². The first kappa shape index (κ1) is 17.2. The highest BCUT2D eigenvalue weighted by molar-refractivity contribution is 5.92. The Morgan fingerprint density at radius 3 is 2.21 bits per heavy atom. The van der Waals surface area contributed by atoms with Gasteiger partial charge in [0.1, 0.15) is 0 Å². The number of amides is 1. The van der Waals surface area contributed by atoms with Crippen LogP contribution in [0.15, 0.2) is 36.4 Å². The van der Waals surface area contributed by atoms with Gasteiger partial charge in [-0.25, -0.2) is 0 Å². The van der Waals surface area contributed by atoms with Crippen molar-refractivity contribution in [3.05, 3.63) is 47.5 Å². The Balaban J connectivity index is 2.04. The Hall–Kier alpha value is -3.20. The number of benzene rings is 2. The van der Waals surface area contributed by atoms with Gasteiger partial charge in [0, 0.05) is 5.69 Å². The molecule has 0 bridgehead atoms. The van der Waals surface area contributed by atoms with Crippen molar-refractivity contribution in [2.75, 3.05) is 26.1 Å². The highest BCUT2D eigenvalue weighted by Gasteiger charge is 2.14. The van der Waals surface area contributed by atoms with Crippen LogP contribution in [0.4, 0.5) is 5.69 Å². The molecule has 24 heavy (non-hydrogen) atoms. The molecule has 2 rings (SSSR count). The maximum absolute atomic E-state index is 12.0. The van der Waals surface area contributed by atoms with Gasteiger partial charge in [0.05, 0.1) is 25.9 Å². The van der Waals surface area contributed by atoms with Crippen molar-refractivity contribution < 1.29 is 19.0 Å². The summed E-state index contributed by atoms with van der Waals surface area (Å²) >= 11 is 0. The molecule has 0 heterocycles. The molecule has 0 aromatic heterocycles. The third kappa shape index (κ3) is 4.17. The molecular formula is C18H18N2O4. The zero-order valence-electron chi connectivity index (χ0n) is 13.8. The fourth-order valence-electron chi connectivity index (χ4n) is 2.12. The number of rotatable bonds is 6. The second-order valence-corrected chi connectivity index (χ2v) is 5.02. The second-order valence-electron chi connectivity index (χ2n) is 5.02. The summed E-state index contributed by atoms with van der Waals surface area (Å²) < 4.78 is 16.1. The molecule has 6 nitrogen and oxygen atoms in total. The lowest BCUT2D eigenvalue weighted by Gasteiger charge is -2.15. The fraction of sp³-hybridized carbons (Fsp3) is 0.222. The van der Waals surface area contributed by atoms with E-state index in [0.29, 0.717) is 28.5 Å². The van der Waals surface area contributed by atoms with E-state index < -0.39 is 0 Å². The van der Waals surface area contributed by atoms with Gasteiger partial charge in [0.15, 0.2) is 18.1 Å². The summed E-state index contributed by atoms with van der Waals surface area (Å²) in [5.74, 6) is 1.04. The average Bonchev–Trinajstić information content (AvgIpc) is 2.60. The zero-order chi connectivity index (χ0) is 17.5. The highest BCUT2D eigenvalue weighted by Crippen LogP contribution is 2.38. The van der Waals surface area contributed by atoms with E-state index in [1.807, 2.05) is 13.0 Å². The molecule has 0 spiro atoms. The summed E-state index contributed by atoms with van der Waals surface area (Å²) in [6.07, 6.45) is 0. The van der Waals surface area contributed by atoms with Gasteiger partial charge < -0.3 is 19.5 Å². The van der Waals surface area contributed by atoms with E-state index in [1.54, 1.807) is 36.4 Å². The van der Waals surface area contributed by atoms with Crippen molar-refractivity contribution in [2.24, 2.45) is 0 Å². The standard InChI is InChI=1S/C18H18N2O4/c1-12-8-15(22-2)18(16(9-12)23-3)24-11-17(21)20-14-6-4-13(10-19)5-7-14/h4-9H,11H2,1-3H3,(H,20,21). The summed E-state index contributed by atoms with van der Waals surface area (Å²) in [5, 5.41) is 11.5. The monoisotopic (exact) mass is 326 g/mol. The molecule has 0 radical (unpaired) electrons. The van der Waals surface area contributed by atoms with Crippen molar-refractivity contribution in [1.29, 1.82) is 5.26 Å². The number of carbonyl (C=O) groups excluding carboxylic acids is 1. The third-order valence-corrected chi connectivity index (χ3v) is 3.25. The van der Waals surface area contributed by atoms with Crippen molar-refractivity contribution in [3.63, 3.8) is 0 Å². The van der Waals surface area contributed by atoms with Crippen molar-refractivity contribution >= 4 is 11.6 Å². The van der Waals surface area contributed by atoms with Crippen LogP contribution in [0.3, 0.4) is 0 Å². The van der Waals surface area contributed by atoms with E-state index in [9.17, 15) is 4.79 Å². The fourth-order valence-corrected chi connectivity index (χ4v) is 2.12. The van der Waals surface area contributed by atoms with Gasteiger partial charge in [0.2, 0.25) is 5.75 Å². The van der Waals surface area contributed by atoms with Crippen LogP contribution in [-0.4, -0.2) is 26.7 Å². The van der Waals surface area contributed by atoms with E-state index in [1.165, 1.54) is 14.2 Å². The highest BCUT2D eigenvalue weighted by atomic mass is 16.5. The molecule has 1 N–H and O–H groups in total. The quantitative estimate of drug-likeness (QED) is 0.883. The minimum absolute atomic E-state index is 0.199. The maximum atomic E-state index is 12.0. The molecule has 124 valence electrons. The van der Waals surface area contributed by atoms with Crippen molar-refractivity contribution in [2.45, 2.75) is 6.92 Å². The summed E-state index contributed by atoms with van der Waals surface area (Å²) in [5.41, 5.74) is 2.07. The van der Waals surface area contributed by atoms with E-state index in [2.05, 4.69) is 5.32 Å². The lowest BCUT2D eigenvalue weighted by molar-refractivity contribution is -0.118. The van der Waals surface area contributed by atoms with E-state index >= 15 is 0 Å². The minimum Gasteiger partial charge on any atom is -0.493 e. The van der Waals surface area contributed by atoms with Gasteiger partial charge >= 0.3 is 0 Å². The van der Waals surface area contributed by atoms with Gasteiger partial charge in [0.25, 0.3) is 5.91 Å². The van der Waals surface area contributed by atoms with Gasteiger partial charge in [-0.1, -0.05) is 0 Å². The summed E-state index contributed by atoms with van der Waals surface area (Å²) in [4.78, 5) is 12.0. The van der Waals surface area contributed by atoms with Crippen LogP contribution >= 0.6 is 0 Å². The van der Waals surface area contributed by atoms with E-state index in [4.69, 9.17) is 19.5 Å². The predicted molar refractivity (Wildman–Crippen MR) is 89.6 cm³/mol. The van der Waals surface area contributed by atoms with Crippen LogP contribution in [0.2, 0.25) is 0 Å². The first-order valence-electron chi connectivity index (χ1n) is 7.22. The van der Waals surface area contributed by atoms with Crippen LogP contribution in [0.1, 0.15) is 11.1 Å². The van der Waals surface area contributed by atoms with Gasteiger partial charge in [-0.3, -0.25) is 4.79 Å². The second kappa shape index (κ2) is 7.88. The van der Waals surface area contributed by atoms with Gasteiger partial charge in [-0.05, 0) is 48.9 Å². The molecule has 0 fully saturated rings. The number of anilines is 1. The number of carbonyl (C=O) groups is 1. The molecule has 0 saturated heterocycles. The average molecular weight is 326 g/mol. The van der Waals surface area contributed by atoms with Crippen molar-refractivity contribution in [1.82, 2.24) is 0 Å². The predicted octanol–water partition coefficient (Wildman–Crippen LogP) is 2.90. The molecule has 0 aliphatic heterocycles. The van der Waals surface area contributed by atoms with Gasteiger partial charge in [-0.15, -0.1) is 0 Å². The number of nitriles is 1. The molecule has 0 aliphatic rings. The largest absolute Gasteiger partial charge is 0.493 e. The van der Waals surface area contributed by atoms with Crippen LogP contribution in [0.5, 0.6) is 17.2 Å². The van der Waals surface area contributed by atoms with Crippen LogP contribution in [0.25, 0.3) is 0 Å². The smallest absolute Gasteiger partial charge is 0.262 e. The molecule has 0 atom stereocenters. The normalized spacial score (nSPS) is 9.75. The molecule has 2 aromatic rings. The van der Waals surface area contributed by atoms with E-state index in [0.717, 1.165) is 5.56 Å². The molecule has 0 aliphatic carbocycles. The van der Waals surface area contributed by atoms with Crippen LogP contribution < -0.4 is 19.5 Å². The van der Waals surface area contributed by atoms with Gasteiger partial charge in [-0.2, -0.15) is 5.26 Å². The third-order valence-electron chi connectivity index (χ3n) is 3.25. The van der Waals surface area contributed by atoms with Crippen LogP contribution in [0, 0.1) is 18.3 Å². The first-order valence-corrected chi connectivity index (χ1v) is 7.22. The lowest BCUT2D eigenvalue weighted by Crippen LogP contribution is -2.20. The maximum Gasteiger partial charge on any atom is 0.262 e. The van der Waals surface area contributed by atoms with Crippen molar-refractivity contribution in [3.8, 4) is 23.3 Å². The summed E-state index contributed by atoms with van der Waals surface area (Å²) in [6.45, 7) is 1.71. The topological polar surface area (TPSA) is 80.6 Å². The molecular weight excluding hydrogens is 308 g/mol. The molecule has 0 unspecified atom stereocenters. The number of nitrogens with one attached hydrogen (secondary N) is 1. The Labute approximate surface area is 140 Å². The Bertz CT molecular complexity index is 739. The lowest BCUT2D eigenvalue weighted by atomic mass is 10.2. The molecule has 1 amide bonds. The Morgan fingerprint density at radius 1 is 1.12 bits per heavy atom. The number of nitrogens with zero attached hydrogens (tertiary/aromatic N) is 1. The Kier molecular flexibility index (Phi) is 5.63. The SMILES string of the molecule is COc1cc(C)cc(OC)c1OCC(=O)Nc1ccc(C#N)cc1. The number of ether oxygens (including phenoxy) is 3. The minimum atomic E-state index is -0.329. The molecule has 2 aromatic carbocycles. The number of hydrogen-bond acceptors (Lipinski definition) is 5. The number of hydrogen-bond donors (Lipinski definition) is 1. The van der Waals surface area contributed by atoms with Crippen LogP contribution in [-0.2, 0) is 4.79 Å². The summed E-state index contributed by atoms with van der Waals surface area (Å²) in [7, 11) is 3.05. The zero-order valence-corrected chi connectivity index (χ0v) is 13.8.